The third-order valence-corrected chi connectivity index (χ3v) is 8.07. The molecular formula is C33H34FN3O5S. The first kappa shape index (κ1) is 31.4. The molecule has 1 atom stereocenters. The zero-order chi connectivity index (χ0) is 30.8. The summed E-state index contributed by atoms with van der Waals surface area (Å²) in [6.45, 7) is -0.384. The van der Waals surface area contributed by atoms with Crippen molar-refractivity contribution in [2.45, 2.75) is 25.7 Å². The predicted octanol–water partition coefficient (Wildman–Crippen LogP) is 4.68. The number of amides is 2. The zero-order valence-electron chi connectivity index (χ0n) is 24.0. The molecule has 4 aromatic carbocycles. The van der Waals surface area contributed by atoms with Crippen LogP contribution in [0, 0.1) is 5.82 Å². The van der Waals surface area contributed by atoms with Crippen LogP contribution in [0.5, 0.6) is 5.75 Å². The molecule has 0 saturated heterocycles. The number of benzene rings is 4. The molecule has 0 aromatic heterocycles. The van der Waals surface area contributed by atoms with E-state index in [4.69, 9.17) is 4.74 Å². The Morgan fingerprint density at radius 3 is 1.93 bits per heavy atom. The molecule has 0 spiro atoms. The Morgan fingerprint density at radius 2 is 1.35 bits per heavy atom. The van der Waals surface area contributed by atoms with Gasteiger partial charge in [0.25, 0.3) is 0 Å². The summed E-state index contributed by atoms with van der Waals surface area (Å²) < 4.78 is 45.6. The lowest BCUT2D eigenvalue weighted by Gasteiger charge is -2.33. The molecule has 4 rings (SSSR count). The number of ether oxygens (including phenoxy) is 1. The first-order chi connectivity index (χ1) is 20.6. The van der Waals surface area contributed by atoms with E-state index >= 15 is 0 Å². The Hall–Kier alpha value is -4.54. The van der Waals surface area contributed by atoms with Crippen LogP contribution in [-0.2, 0) is 39.2 Å². The van der Waals surface area contributed by atoms with Crippen LogP contribution in [0.2, 0.25) is 0 Å². The fraction of sp³-hybridized carbons (Fsp3) is 0.212. The number of halogens is 1. The van der Waals surface area contributed by atoms with Gasteiger partial charge in [0.2, 0.25) is 21.8 Å². The van der Waals surface area contributed by atoms with Crippen molar-refractivity contribution in [3.63, 3.8) is 0 Å². The van der Waals surface area contributed by atoms with Gasteiger partial charge in [-0.25, -0.2) is 12.8 Å². The quantitative estimate of drug-likeness (QED) is 0.240. The summed E-state index contributed by atoms with van der Waals surface area (Å²) in [6.07, 6.45) is 1.05. The van der Waals surface area contributed by atoms with Gasteiger partial charge in [0, 0.05) is 19.6 Å². The second kappa shape index (κ2) is 14.6. The molecule has 0 saturated carbocycles. The van der Waals surface area contributed by atoms with Gasteiger partial charge in [0.1, 0.15) is 17.6 Å². The van der Waals surface area contributed by atoms with Crippen molar-refractivity contribution in [2.24, 2.45) is 0 Å². The van der Waals surface area contributed by atoms with Gasteiger partial charge in [-0.05, 0) is 46.5 Å². The number of hydrogen-bond donors (Lipinski definition) is 1. The highest BCUT2D eigenvalue weighted by Crippen LogP contribution is 2.25. The number of nitrogens with one attached hydrogen (secondary N) is 1. The van der Waals surface area contributed by atoms with Gasteiger partial charge in [-0.15, -0.1) is 0 Å². The van der Waals surface area contributed by atoms with Crippen LogP contribution in [0.3, 0.4) is 0 Å². The lowest BCUT2D eigenvalue weighted by molar-refractivity contribution is -0.141. The van der Waals surface area contributed by atoms with Crippen molar-refractivity contribution in [3.05, 3.63) is 137 Å². The average Bonchev–Trinajstić information content (AvgIpc) is 3.01. The van der Waals surface area contributed by atoms with Crippen LogP contribution >= 0.6 is 0 Å². The van der Waals surface area contributed by atoms with Gasteiger partial charge in [0.15, 0.2) is 0 Å². The number of rotatable bonds is 13. The largest absolute Gasteiger partial charge is 0.497 e. The third-order valence-electron chi connectivity index (χ3n) is 6.87. The zero-order valence-corrected chi connectivity index (χ0v) is 24.8. The lowest BCUT2D eigenvalue weighted by Crippen LogP contribution is -2.47. The molecule has 0 aliphatic heterocycles. The molecule has 8 nitrogen and oxygen atoms in total. The third kappa shape index (κ3) is 8.97. The van der Waals surface area contributed by atoms with E-state index in [2.05, 4.69) is 5.32 Å². The summed E-state index contributed by atoms with van der Waals surface area (Å²) in [5, 5.41) is 2.92. The van der Waals surface area contributed by atoms with Crippen LogP contribution in [0.25, 0.3) is 0 Å². The predicted molar refractivity (Wildman–Crippen MR) is 163 cm³/mol. The van der Waals surface area contributed by atoms with Gasteiger partial charge >= 0.3 is 0 Å². The highest BCUT2D eigenvalue weighted by molar-refractivity contribution is 7.88. The van der Waals surface area contributed by atoms with E-state index < -0.39 is 40.2 Å². The molecule has 0 fully saturated rings. The van der Waals surface area contributed by atoms with Gasteiger partial charge < -0.3 is 15.0 Å². The first-order valence-corrected chi connectivity index (χ1v) is 15.5. The van der Waals surface area contributed by atoms with Crippen molar-refractivity contribution in [3.8, 4) is 5.75 Å². The van der Waals surface area contributed by atoms with Crippen molar-refractivity contribution in [1.82, 2.24) is 14.5 Å². The van der Waals surface area contributed by atoms with E-state index in [1.807, 2.05) is 18.2 Å². The van der Waals surface area contributed by atoms with E-state index in [-0.39, 0.29) is 19.6 Å². The van der Waals surface area contributed by atoms with E-state index in [9.17, 15) is 22.4 Å². The first-order valence-electron chi connectivity index (χ1n) is 13.6. The monoisotopic (exact) mass is 603 g/mol. The van der Waals surface area contributed by atoms with Crippen molar-refractivity contribution >= 4 is 21.8 Å². The Morgan fingerprint density at radius 1 is 0.791 bits per heavy atom. The fourth-order valence-corrected chi connectivity index (χ4v) is 5.30. The number of nitrogens with zero attached hydrogens (tertiary/aromatic N) is 2. The van der Waals surface area contributed by atoms with Gasteiger partial charge in [0.05, 0.1) is 19.9 Å². The number of methoxy groups -OCH3 is 1. The molecule has 0 bridgehead atoms. The minimum absolute atomic E-state index is 0.0184. The second-order valence-corrected chi connectivity index (χ2v) is 12.0. The maximum atomic E-state index is 14.1. The molecule has 224 valence electrons. The highest BCUT2D eigenvalue weighted by atomic mass is 32.2. The summed E-state index contributed by atoms with van der Waals surface area (Å²) in [4.78, 5) is 29.3. The molecule has 4 aromatic rings. The highest BCUT2D eigenvalue weighted by Gasteiger charge is 2.33. The number of sulfonamides is 1. The van der Waals surface area contributed by atoms with Gasteiger partial charge in [-0.3, -0.25) is 9.59 Å². The maximum absolute atomic E-state index is 14.1. The molecular weight excluding hydrogens is 569 g/mol. The standard InChI is InChI=1S/C33H34FN3O5S/c1-42-30-19-15-25(16-20-30)21-35-33(39)32(28-11-7-4-8-12-28)37(23-27-13-17-29(34)18-14-27)31(38)24-36(43(2,40)41)22-26-9-5-3-6-10-26/h3-20,32H,21-24H2,1-2H3,(H,35,39)/t32-/m0/s1. The maximum Gasteiger partial charge on any atom is 0.247 e. The summed E-state index contributed by atoms with van der Waals surface area (Å²) in [5.74, 6) is -0.797. The Bertz CT molecular complexity index is 1600. The van der Waals surface area contributed by atoms with Crippen LogP contribution < -0.4 is 10.1 Å². The molecule has 10 heteroatoms. The Labute approximate surface area is 251 Å². The molecule has 43 heavy (non-hydrogen) atoms. The number of hydrogen-bond acceptors (Lipinski definition) is 5. The lowest BCUT2D eigenvalue weighted by atomic mass is 10.0. The van der Waals surface area contributed by atoms with Crippen molar-refractivity contribution in [1.29, 1.82) is 0 Å². The minimum Gasteiger partial charge on any atom is -0.497 e. The summed E-state index contributed by atoms with van der Waals surface area (Å²) >= 11 is 0. The number of carbonyl (C=O) groups is 2. The number of carbonyl (C=O) groups excluding carboxylic acids is 2. The van der Waals surface area contributed by atoms with Crippen LogP contribution in [-0.4, -0.2) is 49.3 Å². The van der Waals surface area contributed by atoms with Crippen LogP contribution in [0.4, 0.5) is 4.39 Å². The van der Waals surface area contributed by atoms with Gasteiger partial charge in [-0.2, -0.15) is 4.31 Å². The Kier molecular flexibility index (Phi) is 10.6. The topological polar surface area (TPSA) is 96.0 Å². The molecule has 0 aliphatic rings. The van der Waals surface area contributed by atoms with E-state index in [0.29, 0.717) is 22.4 Å². The van der Waals surface area contributed by atoms with Crippen LogP contribution in [0.15, 0.2) is 109 Å². The van der Waals surface area contributed by atoms with Gasteiger partial charge in [-0.1, -0.05) is 84.9 Å². The van der Waals surface area contributed by atoms with Crippen LogP contribution in [0.1, 0.15) is 28.3 Å². The van der Waals surface area contributed by atoms with Crippen molar-refractivity contribution in [2.75, 3.05) is 19.9 Å². The Balaban J connectivity index is 1.68. The van der Waals surface area contributed by atoms with E-state index in [1.54, 1.807) is 73.8 Å². The molecule has 0 unspecified atom stereocenters. The molecule has 1 N–H and O–H groups in total. The molecule has 0 aliphatic carbocycles. The molecule has 0 radical (unpaired) electrons. The summed E-state index contributed by atoms with van der Waals surface area (Å²) in [6, 6.07) is 29.5. The minimum atomic E-state index is -3.81. The summed E-state index contributed by atoms with van der Waals surface area (Å²) in [7, 11) is -2.24. The van der Waals surface area contributed by atoms with E-state index in [1.165, 1.54) is 29.2 Å². The second-order valence-electron chi connectivity index (χ2n) is 10.0. The van der Waals surface area contributed by atoms with Crippen molar-refractivity contribution < 1.29 is 27.1 Å². The van der Waals surface area contributed by atoms with E-state index in [0.717, 1.165) is 16.1 Å². The SMILES string of the molecule is COc1ccc(CNC(=O)[C@H](c2ccccc2)N(Cc2ccc(F)cc2)C(=O)CN(Cc2ccccc2)S(C)(=O)=O)cc1. The molecule has 2 amide bonds. The average molecular weight is 604 g/mol. The smallest absolute Gasteiger partial charge is 0.247 e. The molecule has 0 heterocycles. The summed E-state index contributed by atoms with van der Waals surface area (Å²) in [5.41, 5.74) is 2.65. The normalized spacial score (nSPS) is 12.0. The fourth-order valence-electron chi connectivity index (χ4n) is 4.57.